The van der Waals surface area contributed by atoms with E-state index in [4.69, 9.17) is 32.5 Å². The van der Waals surface area contributed by atoms with Crippen molar-refractivity contribution in [3.8, 4) is 0 Å². The maximum atomic E-state index is 10.1. The molecule has 124 valence electrons. The molecular formula is C10H22N4O7. The van der Waals surface area contributed by atoms with Crippen LogP contribution in [0.4, 0.5) is 0 Å². The van der Waals surface area contributed by atoms with Gasteiger partial charge >= 0.3 is 17.9 Å². The van der Waals surface area contributed by atoms with Gasteiger partial charge in [-0.15, -0.1) is 0 Å². The van der Waals surface area contributed by atoms with E-state index >= 15 is 0 Å². The Bertz CT molecular complexity index is 327. The fourth-order valence-corrected chi connectivity index (χ4v) is 0.824. The summed E-state index contributed by atoms with van der Waals surface area (Å²) in [4.78, 5) is 40.0. The van der Waals surface area contributed by atoms with Gasteiger partial charge in [0, 0.05) is 12.8 Å². The van der Waals surface area contributed by atoms with Gasteiger partial charge in [0.2, 0.25) is 5.91 Å². The van der Waals surface area contributed by atoms with Gasteiger partial charge in [-0.05, 0) is 12.8 Å². The lowest BCUT2D eigenvalue weighted by atomic mass is 10.2. The smallest absolute Gasteiger partial charge is 0.320 e. The first-order valence-corrected chi connectivity index (χ1v) is 5.54. The Morgan fingerprint density at radius 1 is 0.810 bits per heavy atom. The Hall–Kier alpha value is -2.24. The van der Waals surface area contributed by atoms with Gasteiger partial charge in [0.05, 0.1) is 0 Å². The molecule has 0 aromatic rings. The number of carbonyl (C=O) groups is 4. The molecule has 2 unspecified atom stereocenters. The van der Waals surface area contributed by atoms with Gasteiger partial charge in [-0.2, -0.15) is 0 Å². The minimum absolute atomic E-state index is 0. The summed E-state index contributed by atoms with van der Waals surface area (Å²) >= 11 is 0. The molecule has 21 heavy (non-hydrogen) atoms. The molecular weight excluding hydrogens is 288 g/mol. The van der Waals surface area contributed by atoms with Crippen LogP contribution >= 0.6 is 0 Å². The molecule has 12 N–H and O–H groups in total. The van der Waals surface area contributed by atoms with Crippen LogP contribution in [0.15, 0.2) is 0 Å². The average molecular weight is 310 g/mol. The van der Waals surface area contributed by atoms with Gasteiger partial charge in [0.15, 0.2) is 0 Å². The van der Waals surface area contributed by atoms with Gasteiger partial charge in [-0.3, -0.25) is 19.2 Å². The number of carboxylic acid groups (broad SMARTS) is 3. The summed E-state index contributed by atoms with van der Waals surface area (Å²) in [6.45, 7) is 0. The van der Waals surface area contributed by atoms with E-state index in [9.17, 15) is 19.2 Å². The van der Waals surface area contributed by atoms with Crippen LogP contribution in [0, 0.1) is 0 Å². The summed E-state index contributed by atoms with van der Waals surface area (Å²) in [5.74, 6) is -3.84. The van der Waals surface area contributed by atoms with E-state index in [1.807, 2.05) is 0 Å². The van der Waals surface area contributed by atoms with Crippen molar-refractivity contribution in [3.63, 3.8) is 0 Å². The molecule has 0 bridgehead atoms. The minimum atomic E-state index is -1.17. The zero-order chi connectivity index (χ0) is 16.3. The second-order valence-electron chi connectivity index (χ2n) is 3.83. The van der Waals surface area contributed by atoms with Crippen molar-refractivity contribution in [2.45, 2.75) is 37.8 Å². The van der Waals surface area contributed by atoms with Crippen molar-refractivity contribution in [2.24, 2.45) is 17.2 Å². The van der Waals surface area contributed by atoms with Crippen LogP contribution in [-0.4, -0.2) is 51.2 Å². The van der Waals surface area contributed by atoms with E-state index in [1.165, 1.54) is 0 Å². The molecule has 1 amide bonds. The highest BCUT2D eigenvalue weighted by Gasteiger charge is 2.12. The van der Waals surface area contributed by atoms with E-state index in [0.29, 0.717) is 0 Å². The van der Waals surface area contributed by atoms with Crippen molar-refractivity contribution >= 4 is 23.8 Å². The molecule has 0 aromatic heterocycles. The van der Waals surface area contributed by atoms with Crippen molar-refractivity contribution in [1.29, 1.82) is 0 Å². The maximum absolute atomic E-state index is 10.1. The van der Waals surface area contributed by atoms with Crippen LogP contribution < -0.4 is 23.4 Å². The van der Waals surface area contributed by atoms with Crippen molar-refractivity contribution < 1.29 is 34.5 Å². The fraction of sp³-hybridized carbons (Fsp3) is 0.600. The molecule has 0 saturated heterocycles. The van der Waals surface area contributed by atoms with E-state index in [1.54, 1.807) is 0 Å². The molecule has 0 spiro atoms. The Kier molecular flexibility index (Phi) is 14.5. The third-order valence-corrected chi connectivity index (χ3v) is 2.01. The first-order valence-electron chi connectivity index (χ1n) is 5.54. The molecule has 2 atom stereocenters. The Balaban J connectivity index is -0.000000295. The normalized spacial score (nSPS) is 11.9. The van der Waals surface area contributed by atoms with Crippen LogP contribution in [0.5, 0.6) is 0 Å². The molecule has 0 aliphatic heterocycles. The monoisotopic (exact) mass is 310 g/mol. The van der Waals surface area contributed by atoms with E-state index in [2.05, 4.69) is 0 Å². The molecule has 0 aliphatic carbocycles. The number of amides is 1. The number of nitrogens with two attached hydrogens (primary N) is 3. The molecule has 0 rings (SSSR count). The Morgan fingerprint density at radius 2 is 1.14 bits per heavy atom. The van der Waals surface area contributed by atoms with E-state index < -0.39 is 35.9 Å². The van der Waals surface area contributed by atoms with E-state index in [0.717, 1.165) is 0 Å². The number of hydrogen-bond donors (Lipinski definition) is 7. The molecule has 11 nitrogen and oxygen atoms in total. The molecule has 0 heterocycles. The molecule has 0 aromatic carbocycles. The number of carboxylic acids is 3. The molecule has 0 saturated carbocycles. The number of carbonyl (C=O) groups excluding carboxylic acids is 1. The third kappa shape index (κ3) is 17.8. The summed E-state index contributed by atoms with van der Waals surface area (Å²) in [5.41, 5.74) is 14.8. The summed E-state index contributed by atoms with van der Waals surface area (Å²) in [7, 11) is 0. The first-order chi connectivity index (χ1) is 9.07. The highest BCUT2D eigenvalue weighted by atomic mass is 16.4. The topological polar surface area (TPSA) is 242 Å². The summed E-state index contributed by atoms with van der Waals surface area (Å²) in [6, 6.07) is -2.04. The van der Waals surface area contributed by atoms with Gasteiger partial charge in [0.25, 0.3) is 0 Å². The number of rotatable bonds is 8. The number of hydrogen-bond acceptors (Lipinski definition) is 7. The molecule has 0 radical (unpaired) electrons. The fourth-order valence-electron chi connectivity index (χ4n) is 0.824. The lowest BCUT2D eigenvalue weighted by Gasteiger charge is -2.01. The molecule has 0 aliphatic rings. The predicted octanol–water partition coefficient (Wildman–Crippen LogP) is -1.91. The Morgan fingerprint density at radius 3 is 1.38 bits per heavy atom. The summed E-state index contributed by atoms with van der Waals surface area (Å²) < 4.78 is 0. The highest BCUT2D eigenvalue weighted by Crippen LogP contribution is 1.93. The first kappa shape index (κ1) is 23.8. The van der Waals surface area contributed by atoms with Crippen LogP contribution in [-0.2, 0) is 19.2 Å². The van der Waals surface area contributed by atoms with Crippen LogP contribution in [0.2, 0.25) is 0 Å². The van der Waals surface area contributed by atoms with Crippen molar-refractivity contribution in [2.75, 3.05) is 0 Å². The highest BCUT2D eigenvalue weighted by molar-refractivity contribution is 5.77. The molecule has 11 heteroatoms. The van der Waals surface area contributed by atoms with Gasteiger partial charge in [-0.1, -0.05) is 0 Å². The zero-order valence-corrected chi connectivity index (χ0v) is 11.4. The van der Waals surface area contributed by atoms with Crippen molar-refractivity contribution in [1.82, 2.24) is 6.15 Å². The van der Waals surface area contributed by atoms with Crippen molar-refractivity contribution in [3.05, 3.63) is 0 Å². The Labute approximate surface area is 120 Å². The van der Waals surface area contributed by atoms with E-state index in [-0.39, 0.29) is 31.8 Å². The van der Waals surface area contributed by atoms with Gasteiger partial charge < -0.3 is 38.7 Å². The second-order valence-corrected chi connectivity index (χ2v) is 3.83. The van der Waals surface area contributed by atoms with Gasteiger partial charge in [0.1, 0.15) is 12.1 Å². The summed E-state index contributed by atoms with van der Waals surface area (Å²) in [6.07, 6.45) is -0.101. The second kappa shape index (κ2) is 12.8. The quantitative estimate of drug-likeness (QED) is 0.262. The van der Waals surface area contributed by atoms with Crippen LogP contribution in [0.25, 0.3) is 0 Å². The standard InChI is InChI=1S/C5H10N2O3.C5H9NO4.H3N/c2*6-3(5(9)10)1-2-4(7)8;/h3H,1-2,6H2,(H2,7,8)(H,9,10);3H,1-2,6H2,(H,7,8)(H,9,10);1H3. The predicted molar refractivity (Wildman–Crippen MR) is 71.5 cm³/mol. The summed E-state index contributed by atoms with van der Waals surface area (Å²) in [5, 5.41) is 24.5. The van der Waals surface area contributed by atoms with Crippen LogP contribution in [0.3, 0.4) is 0 Å². The molecule has 0 fully saturated rings. The SMILES string of the molecule is N.NC(=O)CCC(N)C(=O)O.NC(CCC(=O)O)C(=O)O. The average Bonchev–Trinajstić information content (AvgIpc) is 2.33. The zero-order valence-electron chi connectivity index (χ0n) is 11.4. The van der Waals surface area contributed by atoms with Crippen LogP contribution in [0.1, 0.15) is 25.7 Å². The largest absolute Gasteiger partial charge is 0.481 e. The minimum Gasteiger partial charge on any atom is -0.481 e. The third-order valence-electron chi connectivity index (χ3n) is 2.01. The number of primary amides is 1. The number of aliphatic carboxylic acids is 3. The van der Waals surface area contributed by atoms with Gasteiger partial charge in [-0.25, -0.2) is 0 Å². The lowest BCUT2D eigenvalue weighted by Crippen LogP contribution is -2.31. The maximum Gasteiger partial charge on any atom is 0.320 e. The lowest BCUT2D eigenvalue weighted by molar-refractivity contribution is -0.140.